The Labute approximate surface area is 73.1 Å². The van der Waals surface area contributed by atoms with Gasteiger partial charge in [-0.3, -0.25) is 0 Å². The van der Waals surface area contributed by atoms with Crippen molar-refractivity contribution in [2.24, 2.45) is 5.73 Å². The van der Waals surface area contributed by atoms with Crippen molar-refractivity contribution in [3.05, 3.63) is 0 Å². The SMILES string of the molecule is CCOC1(C(N)=S)CCCC1. The fourth-order valence-electron chi connectivity index (χ4n) is 1.68. The molecule has 3 heteroatoms. The van der Waals surface area contributed by atoms with Crippen LogP contribution < -0.4 is 5.73 Å². The van der Waals surface area contributed by atoms with Gasteiger partial charge in [-0.1, -0.05) is 25.1 Å². The fraction of sp³-hybridized carbons (Fsp3) is 0.875. The Bertz CT molecular complexity index is 152. The number of hydrogen-bond donors (Lipinski definition) is 1. The van der Waals surface area contributed by atoms with Gasteiger partial charge < -0.3 is 10.5 Å². The molecule has 0 spiro atoms. The van der Waals surface area contributed by atoms with E-state index < -0.39 is 0 Å². The van der Waals surface area contributed by atoms with Crippen molar-refractivity contribution in [1.29, 1.82) is 0 Å². The third-order valence-electron chi connectivity index (χ3n) is 2.28. The molecule has 0 bridgehead atoms. The lowest BCUT2D eigenvalue weighted by molar-refractivity contribution is 0.0219. The lowest BCUT2D eigenvalue weighted by atomic mass is 10.0. The topological polar surface area (TPSA) is 35.2 Å². The summed E-state index contributed by atoms with van der Waals surface area (Å²) in [5.41, 5.74) is 5.38. The van der Waals surface area contributed by atoms with Gasteiger partial charge in [-0.2, -0.15) is 0 Å². The van der Waals surface area contributed by atoms with Crippen LogP contribution in [0.3, 0.4) is 0 Å². The number of ether oxygens (including phenoxy) is 1. The molecule has 0 radical (unpaired) electrons. The molecule has 11 heavy (non-hydrogen) atoms. The molecule has 0 heterocycles. The first-order valence-corrected chi connectivity index (χ1v) is 4.56. The Kier molecular flexibility index (Phi) is 2.84. The lowest BCUT2D eigenvalue weighted by Gasteiger charge is -2.27. The van der Waals surface area contributed by atoms with Crippen LogP contribution in [0.25, 0.3) is 0 Å². The van der Waals surface area contributed by atoms with Gasteiger partial charge in [0.05, 0.1) is 0 Å². The van der Waals surface area contributed by atoms with E-state index in [0.717, 1.165) is 12.8 Å². The number of rotatable bonds is 3. The van der Waals surface area contributed by atoms with E-state index in [4.69, 9.17) is 22.7 Å². The molecule has 1 saturated carbocycles. The monoisotopic (exact) mass is 173 g/mol. The third kappa shape index (κ3) is 1.71. The predicted octanol–water partition coefficient (Wildman–Crippen LogP) is 1.62. The Hall–Kier alpha value is -0.150. The normalized spacial score (nSPS) is 21.9. The van der Waals surface area contributed by atoms with Crippen LogP contribution in [0.15, 0.2) is 0 Å². The highest BCUT2D eigenvalue weighted by Gasteiger charge is 2.37. The molecule has 0 atom stereocenters. The number of nitrogens with two attached hydrogens (primary N) is 1. The van der Waals surface area contributed by atoms with Crippen molar-refractivity contribution in [2.45, 2.75) is 38.2 Å². The Balaban J connectivity index is 2.62. The standard InChI is InChI=1S/C8H15NOS/c1-2-10-8(7(9)11)5-3-4-6-8/h2-6H2,1H3,(H2,9,11). The first-order chi connectivity index (χ1) is 5.21. The summed E-state index contributed by atoms with van der Waals surface area (Å²) in [6, 6.07) is 0. The van der Waals surface area contributed by atoms with Gasteiger partial charge in [0.25, 0.3) is 0 Å². The number of thiocarbonyl (C=S) groups is 1. The van der Waals surface area contributed by atoms with Crippen LogP contribution >= 0.6 is 12.2 Å². The molecule has 0 amide bonds. The van der Waals surface area contributed by atoms with Crippen molar-refractivity contribution < 1.29 is 4.74 Å². The Morgan fingerprint density at radius 1 is 1.55 bits per heavy atom. The maximum Gasteiger partial charge on any atom is 0.118 e. The van der Waals surface area contributed by atoms with Crippen molar-refractivity contribution in [3.8, 4) is 0 Å². The highest BCUT2D eigenvalue weighted by Crippen LogP contribution is 2.33. The highest BCUT2D eigenvalue weighted by atomic mass is 32.1. The lowest BCUT2D eigenvalue weighted by Crippen LogP contribution is -2.42. The summed E-state index contributed by atoms with van der Waals surface area (Å²) in [5.74, 6) is 0. The maximum absolute atomic E-state index is 5.63. The quantitative estimate of drug-likeness (QED) is 0.659. The van der Waals surface area contributed by atoms with Crippen LogP contribution in [0, 0.1) is 0 Å². The van der Waals surface area contributed by atoms with E-state index in [1.54, 1.807) is 0 Å². The summed E-state index contributed by atoms with van der Waals surface area (Å²) < 4.78 is 5.59. The van der Waals surface area contributed by atoms with Crippen LogP contribution in [-0.2, 0) is 4.74 Å². The zero-order valence-corrected chi connectivity index (χ0v) is 7.75. The third-order valence-corrected chi connectivity index (χ3v) is 2.65. The van der Waals surface area contributed by atoms with E-state index in [1.807, 2.05) is 6.92 Å². The highest BCUT2D eigenvalue weighted by molar-refractivity contribution is 7.80. The molecule has 1 fully saturated rings. The molecule has 64 valence electrons. The van der Waals surface area contributed by atoms with Gasteiger partial charge in [-0.25, -0.2) is 0 Å². The van der Waals surface area contributed by atoms with E-state index in [-0.39, 0.29) is 5.60 Å². The van der Waals surface area contributed by atoms with Crippen molar-refractivity contribution in [1.82, 2.24) is 0 Å². The van der Waals surface area contributed by atoms with Gasteiger partial charge >= 0.3 is 0 Å². The summed E-state index contributed by atoms with van der Waals surface area (Å²) in [5, 5.41) is 0. The molecule has 0 aromatic heterocycles. The molecule has 0 aliphatic heterocycles. The van der Waals surface area contributed by atoms with Crippen LogP contribution in [0.4, 0.5) is 0 Å². The fourth-order valence-corrected chi connectivity index (χ4v) is 1.95. The van der Waals surface area contributed by atoms with E-state index in [0.29, 0.717) is 11.6 Å². The van der Waals surface area contributed by atoms with Crippen molar-refractivity contribution >= 4 is 17.2 Å². The molecular weight excluding hydrogens is 158 g/mol. The smallest absolute Gasteiger partial charge is 0.118 e. The van der Waals surface area contributed by atoms with Gasteiger partial charge in [0.15, 0.2) is 0 Å². The van der Waals surface area contributed by atoms with E-state index >= 15 is 0 Å². The molecule has 1 rings (SSSR count). The molecule has 2 N–H and O–H groups in total. The molecular formula is C8H15NOS. The predicted molar refractivity (Wildman–Crippen MR) is 49.6 cm³/mol. The zero-order chi connectivity index (χ0) is 8.32. The van der Waals surface area contributed by atoms with Gasteiger partial charge in [0.1, 0.15) is 10.6 Å². The molecule has 1 aliphatic rings. The molecule has 0 saturated heterocycles. The second-order valence-electron chi connectivity index (χ2n) is 3.00. The zero-order valence-electron chi connectivity index (χ0n) is 6.93. The van der Waals surface area contributed by atoms with Gasteiger partial charge in [0, 0.05) is 6.61 Å². The average molecular weight is 173 g/mol. The molecule has 1 aliphatic carbocycles. The summed E-state index contributed by atoms with van der Waals surface area (Å²) >= 11 is 4.99. The van der Waals surface area contributed by atoms with E-state index in [2.05, 4.69) is 0 Å². The minimum absolute atomic E-state index is 0.246. The maximum atomic E-state index is 5.63. The van der Waals surface area contributed by atoms with Crippen LogP contribution in [0.5, 0.6) is 0 Å². The summed E-state index contributed by atoms with van der Waals surface area (Å²) in [7, 11) is 0. The van der Waals surface area contributed by atoms with Crippen LogP contribution in [0.1, 0.15) is 32.6 Å². The van der Waals surface area contributed by atoms with Gasteiger partial charge in [-0.15, -0.1) is 0 Å². The van der Waals surface area contributed by atoms with E-state index in [1.165, 1.54) is 12.8 Å². The first-order valence-electron chi connectivity index (χ1n) is 4.15. The van der Waals surface area contributed by atoms with Crippen molar-refractivity contribution in [3.63, 3.8) is 0 Å². The molecule has 0 unspecified atom stereocenters. The summed E-state index contributed by atoms with van der Waals surface area (Å²) in [4.78, 5) is 0.539. The molecule has 0 aromatic carbocycles. The average Bonchev–Trinajstić information content (AvgIpc) is 2.38. The first kappa shape index (κ1) is 8.94. The minimum Gasteiger partial charge on any atom is -0.391 e. The number of hydrogen-bond acceptors (Lipinski definition) is 2. The summed E-state index contributed by atoms with van der Waals surface area (Å²) in [6.45, 7) is 2.69. The molecule has 0 aromatic rings. The summed E-state index contributed by atoms with van der Waals surface area (Å²) in [6.07, 6.45) is 4.40. The van der Waals surface area contributed by atoms with Gasteiger partial charge in [-0.05, 0) is 19.8 Å². The Morgan fingerprint density at radius 2 is 2.09 bits per heavy atom. The van der Waals surface area contributed by atoms with Crippen LogP contribution in [0.2, 0.25) is 0 Å². The van der Waals surface area contributed by atoms with E-state index in [9.17, 15) is 0 Å². The second kappa shape index (κ2) is 3.50. The van der Waals surface area contributed by atoms with Crippen LogP contribution in [-0.4, -0.2) is 17.2 Å². The Morgan fingerprint density at radius 3 is 2.45 bits per heavy atom. The molecule has 2 nitrogen and oxygen atoms in total. The van der Waals surface area contributed by atoms with Gasteiger partial charge in [0.2, 0.25) is 0 Å². The largest absolute Gasteiger partial charge is 0.391 e. The van der Waals surface area contributed by atoms with Crippen molar-refractivity contribution in [2.75, 3.05) is 6.61 Å². The minimum atomic E-state index is -0.246. The second-order valence-corrected chi connectivity index (χ2v) is 3.44.